The number of halogens is 1. The highest BCUT2D eigenvalue weighted by Gasteiger charge is 2.48. The normalized spacial score (nSPS) is 26.8. The van der Waals surface area contributed by atoms with Crippen LogP contribution in [-0.2, 0) is 16.0 Å². The first-order chi connectivity index (χ1) is 19.6. The maximum absolute atomic E-state index is 14.7. The number of fused-ring (bicyclic) bond motifs is 2. The van der Waals surface area contributed by atoms with Crippen LogP contribution in [0.1, 0.15) is 97.5 Å². The van der Waals surface area contributed by atoms with Crippen LogP contribution in [0, 0.1) is 11.7 Å². The van der Waals surface area contributed by atoms with Crippen molar-refractivity contribution in [2.75, 3.05) is 0 Å². The molecular weight excluding hydrogens is 521 g/mol. The second kappa shape index (κ2) is 12.3. The predicted octanol–water partition coefficient (Wildman–Crippen LogP) is 7.39. The number of carbonyl (C=O) groups is 1. The molecule has 8 heteroatoms. The first-order valence-corrected chi connectivity index (χ1v) is 15.1. The smallest absolute Gasteiger partial charge is 0.338 e. The number of hydrogen-bond acceptors (Lipinski definition) is 7. The zero-order chi connectivity index (χ0) is 29.1. The molecule has 5 rings (SSSR count). The van der Waals surface area contributed by atoms with Crippen molar-refractivity contribution in [3.8, 4) is 5.75 Å². The number of hydrogen-bond donors (Lipinski definition) is 1. The minimum atomic E-state index is -0.820. The van der Waals surface area contributed by atoms with Gasteiger partial charge in [0.15, 0.2) is 11.6 Å². The summed E-state index contributed by atoms with van der Waals surface area (Å²) in [6.07, 6.45) is 9.89. The molecule has 1 aliphatic carbocycles. The van der Waals surface area contributed by atoms with E-state index in [1.165, 1.54) is 11.6 Å². The molecule has 0 radical (unpaired) electrons. The van der Waals surface area contributed by atoms with Gasteiger partial charge in [-0.25, -0.2) is 19.2 Å². The fraction of sp³-hybridized carbons (Fsp3) is 0.576. The van der Waals surface area contributed by atoms with Gasteiger partial charge in [0, 0.05) is 25.0 Å². The van der Waals surface area contributed by atoms with Crippen LogP contribution in [0.25, 0.3) is 0 Å². The van der Waals surface area contributed by atoms with E-state index in [1.54, 1.807) is 6.07 Å². The van der Waals surface area contributed by atoms with Crippen LogP contribution in [0.5, 0.6) is 5.75 Å². The van der Waals surface area contributed by atoms with Gasteiger partial charge in [-0.2, -0.15) is 0 Å². The number of cyclic esters (lactones) is 1. The van der Waals surface area contributed by atoms with E-state index in [9.17, 15) is 14.3 Å². The van der Waals surface area contributed by atoms with Crippen molar-refractivity contribution in [1.82, 2.24) is 0 Å². The highest BCUT2D eigenvalue weighted by molar-refractivity contribution is 6.09. The number of amidine groups is 2. The van der Waals surface area contributed by atoms with Gasteiger partial charge >= 0.3 is 5.97 Å². The molecule has 1 aromatic carbocycles. The van der Waals surface area contributed by atoms with E-state index in [0.717, 1.165) is 49.8 Å². The van der Waals surface area contributed by atoms with Crippen LogP contribution in [0.15, 0.2) is 56.2 Å². The van der Waals surface area contributed by atoms with Gasteiger partial charge in [0.05, 0.1) is 17.7 Å². The van der Waals surface area contributed by atoms with Crippen molar-refractivity contribution in [3.05, 3.63) is 52.6 Å². The molecule has 3 heterocycles. The van der Waals surface area contributed by atoms with Crippen molar-refractivity contribution < 1.29 is 23.8 Å². The summed E-state index contributed by atoms with van der Waals surface area (Å²) in [6.45, 7) is 7.79. The molecule has 220 valence electrons. The molecular formula is C33H42FN3O4. The number of aliphatic imine (C=N–C) groups is 3. The van der Waals surface area contributed by atoms with E-state index in [4.69, 9.17) is 14.5 Å². The van der Waals surface area contributed by atoms with Gasteiger partial charge in [0.25, 0.3) is 0 Å². The van der Waals surface area contributed by atoms with Gasteiger partial charge < -0.3 is 14.6 Å². The Bertz CT molecular complexity index is 1340. The van der Waals surface area contributed by atoms with E-state index in [0.29, 0.717) is 30.9 Å². The molecule has 0 aromatic heterocycles. The Labute approximate surface area is 242 Å². The van der Waals surface area contributed by atoms with E-state index >= 15 is 0 Å². The molecule has 0 spiro atoms. The summed E-state index contributed by atoms with van der Waals surface area (Å²) in [6, 6.07) is 5.07. The standard InChI is InChI=1S/C33H42FN3O4/c1-20(2)40-29-12-10-23(16-27(29)34)13-14-33(24-7-5-6-8-24)19-28(38)26(32(39)41-33)18-31-36-25-11-9-21(3)15-22(4)35-30(17-25)37-31/h10,12,15-16,20,24-25,38H,5-9,11,13-14,17-19H2,1-4H3/b21-15-,35-22?. The number of ether oxygens (including phenoxy) is 2. The number of allylic oxidation sites excluding steroid dienone is 2. The third-order valence-corrected chi connectivity index (χ3v) is 8.63. The quantitative estimate of drug-likeness (QED) is 0.334. The van der Waals surface area contributed by atoms with Crippen LogP contribution < -0.4 is 4.74 Å². The minimum Gasteiger partial charge on any atom is -0.512 e. The molecule has 4 aliphatic rings. The lowest BCUT2D eigenvalue weighted by Crippen LogP contribution is -2.46. The topological polar surface area (TPSA) is 92.8 Å². The maximum Gasteiger partial charge on any atom is 0.338 e. The van der Waals surface area contributed by atoms with Gasteiger partial charge in [0.1, 0.15) is 23.0 Å². The zero-order valence-electron chi connectivity index (χ0n) is 24.7. The second-order valence-corrected chi connectivity index (χ2v) is 12.4. The molecule has 0 saturated heterocycles. The maximum atomic E-state index is 14.7. The molecule has 2 bridgehead atoms. The molecule has 0 amide bonds. The molecule has 3 aliphatic heterocycles. The first-order valence-electron chi connectivity index (χ1n) is 15.1. The summed E-state index contributed by atoms with van der Waals surface area (Å²) in [5.41, 5.74) is 2.39. The van der Waals surface area contributed by atoms with Crippen molar-refractivity contribution in [2.45, 2.75) is 116 Å². The van der Waals surface area contributed by atoms with Gasteiger partial charge in [-0.1, -0.05) is 24.5 Å². The van der Waals surface area contributed by atoms with Crippen LogP contribution in [-0.4, -0.2) is 46.2 Å². The van der Waals surface area contributed by atoms with E-state index in [1.807, 2.05) is 26.8 Å². The molecule has 1 saturated carbocycles. The van der Waals surface area contributed by atoms with Crippen molar-refractivity contribution in [2.24, 2.45) is 20.9 Å². The number of esters is 1. The number of rotatable bonds is 8. The molecule has 7 nitrogen and oxygen atoms in total. The molecule has 1 N–H and O–H groups in total. The molecule has 2 atom stereocenters. The van der Waals surface area contributed by atoms with Crippen LogP contribution >= 0.6 is 0 Å². The summed E-state index contributed by atoms with van der Waals surface area (Å²) in [4.78, 5) is 27.7. The molecule has 2 unspecified atom stereocenters. The van der Waals surface area contributed by atoms with E-state index in [2.05, 4.69) is 23.0 Å². The second-order valence-electron chi connectivity index (χ2n) is 12.4. The first kappa shape index (κ1) is 29.2. The third kappa shape index (κ3) is 6.96. The molecule has 41 heavy (non-hydrogen) atoms. The number of aliphatic hydroxyl groups is 1. The lowest BCUT2D eigenvalue weighted by molar-refractivity contribution is -0.167. The Balaban J connectivity index is 1.35. The van der Waals surface area contributed by atoms with Crippen molar-refractivity contribution in [1.29, 1.82) is 0 Å². The largest absolute Gasteiger partial charge is 0.512 e. The Hall–Kier alpha value is -3.29. The SMILES string of the molecule is CC1=NC2=NC(CC3=C(O)CC(CCc4ccc(OC(C)C)c(F)c4)(C4CCCC4)OC3=O)=NC(CC/C(C)=C\1)C2. The highest BCUT2D eigenvalue weighted by atomic mass is 19.1. The average molecular weight is 564 g/mol. The summed E-state index contributed by atoms with van der Waals surface area (Å²) in [7, 11) is 0. The Morgan fingerprint density at radius 3 is 2.66 bits per heavy atom. The van der Waals surface area contributed by atoms with E-state index < -0.39 is 17.4 Å². The number of benzene rings is 1. The highest BCUT2D eigenvalue weighted by Crippen LogP contribution is 2.46. The van der Waals surface area contributed by atoms with Crippen LogP contribution in [0.4, 0.5) is 4.39 Å². The van der Waals surface area contributed by atoms with Crippen molar-refractivity contribution >= 4 is 23.4 Å². The van der Waals surface area contributed by atoms with Gasteiger partial charge in [-0.3, -0.25) is 4.99 Å². The van der Waals surface area contributed by atoms with Gasteiger partial charge in [-0.05, 0) is 95.9 Å². The van der Waals surface area contributed by atoms with Crippen molar-refractivity contribution in [3.63, 3.8) is 0 Å². The molecule has 1 aromatic rings. The summed E-state index contributed by atoms with van der Waals surface area (Å²) in [5.74, 6) is 0.765. The minimum absolute atomic E-state index is 0.0492. The van der Waals surface area contributed by atoms with Crippen LogP contribution in [0.2, 0.25) is 0 Å². The Kier molecular flexibility index (Phi) is 8.76. The summed E-state index contributed by atoms with van der Waals surface area (Å²) < 4.78 is 26.5. The summed E-state index contributed by atoms with van der Waals surface area (Å²) >= 11 is 0. The van der Waals surface area contributed by atoms with Crippen LogP contribution in [0.3, 0.4) is 0 Å². The number of nitrogens with zero attached hydrogens (tertiary/aromatic N) is 3. The number of aliphatic hydroxyl groups excluding tert-OH is 1. The Morgan fingerprint density at radius 2 is 1.95 bits per heavy atom. The fourth-order valence-electron chi connectivity index (χ4n) is 6.62. The van der Waals surface area contributed by atoms with E-state index in [-0.39, 0.29) is 48.0 Å². The molecule has 1 fully saturated rings. The number of aryl methyl sites for hydroxylation is 1. The Morgan fingerprint density at radius 1 is 1.17 bits per heavy atom. The number of carbonyl (C=O) groups excluding carboxylic acids is 1. The lowest BCUT2D eigenvalue weighted by atomic mass is 9.76. The fourth-order valence-corrected chi connectivity index (χ4v) is 6.62. The third-order valence-electron chi connectivity index (χ3n) is 8.63. The average Bonchev–Trinajstić information content (AvgIpc) is 3.46. The summed E-state index contributed by atoms with van der Waals surface area (Å²) in [5, 5.41) is 11.3. The van der Waals surface area contributed by atoms with Gasteiger partial charge in [-0.15, -0.1) is 0 Å². The van der Waals surface area contributed by atoms with Gasteiger partial charge in [0.2, 0.25) is 0 Å². The lowest BCUT2D eigenvalue weighted by Gasteiger charge is -2.42. The zero-order valence-corrected chi connectivity index (χ0v) is 24.7. The monoisotopic (exact) mass is 563 g/mol. The predicted molar refractivity (Wildman–Crippen MR) is 160 cm³/mol.